The van der Waals surface area contributed by atoms with Crippen molar-refractivity contribution < 1.29 is 14.6 Å². The van der Waals surface area contributed by atoms with E-state index in [1.54, 1.807) is 31.3 Å². The molecule has 0 radical (unpaired) electrons. The van der Waals surface area contributed by atoms with Crippen molar-refractivity contribution >= 4 is 18.5 Å². The van der Waals surface area contributed by atoms with Gasteiger partial charge in [0.15, 0.2) is 0 Å². The molecule has 1 aromatic rings. The van der Waals surface area contributed by atoms with Gasteiger partial charge >= 0.3 is 0 Å². The van der Waals surface area contributed by atoms with E-state index in [-0.39, 0.29) is 19.1 Å². The molecule has 1 rings (SSSR count). The van der Waals surface area contributed by atoms with E-state index in [9.17, 15) is 9.90 Å². The first-order valence-corrected chi connectivity index (χ1v) is 5.70. The Bertz CT molecular complexity index is 384. The Labute approximate surface area is 107 Å². The summed E-state index contributed by atoms with van der Waals surface area (Å²) < 4.78 is 4.81. The Morgan fingerprint density at radius 2 is 2.29 bits per heavy atom. The average Bonchev–Trinajstić information content (AvgIpc) is 2.28. The van der Waals surface area contributed by atoms with Gasteiger partial charge in [-0.15, -0.1) is 12.6 Å². The number of amides is 1. The molecule has 0 saturated carbocycles. The van der Waals surface area contributed by atoms with Crippen LogP contribution in [0.1, 0.15) is 10.4 Å². The Balaban J connectivity index is 2.63. The number of nitrogens with zero attached hydrogens (tertiary/aromatic N) is 1. The maximum absolute atomic E-state index is 12.0. The number of methoxy groups -OCH3 is 1. The number of carbonyl (C=O) groups is 1. The molecular weight excluding hydrogens is 238 g/mol. The second kappa shape index (κ2) is 6.64. The molecule has 0 fully saturated rings. The SMILES string of the molecule is COCC(O)CN(C)C(=O)c1cccc(S)c1. The molecule has 0 aromatic heterocycles. The molecule has 0 heterocycles. The first kappa shape index (κ1) is 14.0. The third-order valence-electron chi connectivity index (χ3n) is 2.28. The lowest BCUT2D eigenvalue weighted by atomic mass is 10.2. The number of aliphatic hydroxyl groups is 1. The summed E-state index contributed by atoms with van der Waals surface area (Å²) in [4.78, 5) is 14.2. The zero-order chi connectivity index (χ0) is 12.8. The van der Waals surface area contributed by atoms with E-state index in [2.05, 4.69) is 12.6 Å². The van der Waals surface area contributed by atoms with Gasteiger partial charge in [0.2, 0.25) is 0 Å². The summed E-state index contributed by atoms with van der Waals surface area (Å²) in [6, 6.07) is 7.00. The van der Waals surface area contributed by atoms with Crippen molar-refractivity contribution in [3.63, 3.8) is 0 Å². The Morgan fingerprint density at radius 1 is 1.59 bits per heavy atom. The van der Waals surface area contributed by atoms with Gasteiger partial charge < -0.3 is 14.7 Å². The van der Waals surface area contributed by atoms with Crippen molar-refractivity contribution in [1.29, 1.82) is 0 Å². The Morgan fingerprint density at radius 3 is 2.88 bits per heavy atom. The summed E-state index contributed by atoms with van der Waals surface area (Å²) in [5.41, 5.74) is 0.560. The number of carbonyl (C=O) groups excluding carboxylic acids is 1. The number of benzene rings is 1. The Kier molecular flexibility index (Phi) is 5.47. The van der Waals surface area contributed by atoms with Crippen LogP contribution in [0.25, 0.3) is 0 Å². The quantitative estimate of drug-likeness (QED) is 0.773. The summed E-state index contributed by atoms with van der Waals surface area (Å²) in [6.45, 7) is 0.452. The fraction of sp³-hybridized carbons (Fsp3) is 0.417. The summed E-state index contributed by atoms with van der Waals surface area (Å²) in [5, 5.41) is 9.54. The molecule has 0 saturated heterocycles. The molecule has 4 nitrogen and oxygen atoms in total. The second-order valence-corrected chi connectivity index (χ2v) is 4.36. The van der Waals surface area contributed by atoms with Crippen LogP contribution < -0.4 is 0 Å². The van der Waals surface area contributed by atoms with E-state index in [4.69, 9.17) is 4.74 Å². The van der Waals surface area contributed by atoms with Gasteiger partial charge in [-0.05, 0) is 18.2 Å². The fourth-order valence-electron chi connectivity index (χ4n) is 1.50. The van der Waals surface area contributed by atoms with Crippen LogP contribution in [0, 0.1) is 0 Å². The van der Waals surface area contributed by atoms with Crippen molar-refractivity contribution in [3.8, 4) is 0 Å². The molecule has 94 valence electrons. The molecule has 1 atom stereocenters. The number of hydrogen-bond donors (Lipinski definition) is 2. The van der Waals surface area contributed by atoms with E-state index in [0.717, 1.165) is 4.90 Å². The maximum atomic E-state index is 12.0. The van der Waals surface area contributed by atoms with Crippen molar-refractivity contribution in [2.24, 2.45) is 0 Å². The molecule has 1 unspecified atom stereocenters. The third-order valence-corrected chi connectivity index (χ3v) is 2.56. The molecule has 1 N–H and O–H groups in total. The van der Waals surface area contributed by atoms with E-state index in [1.807, 2.05) is 0 Å². The zero-order valence-electron chi connectivity index (χ0n) is 9.96. The minimum Gasteiger partial charge on any atom is -0.389 e. The van der Waals surface area contributed by atoms with E-state index in [0.29, 0.717) is 5.56 Å². The predicted octanol–water partition coefficient (Wildman–Crippen LogP) is 1.05. The molecule has 0 spiro atoms. The third kappa shape index (κ3) is 4.38. The first-order valence-electron chi connectivity index (χ1n) is 5.26. The fourth-order valence-corrected chi connectivity index (χ4v) is 1.73. The molecule has 1 aromatic carbocycles. The number of aliphatic hydroxyl groups excluding tert-OH is 1. The molecule has 17 heavy (non-hydrogen) atoms. The molecule has 0 aliphatic heterocycles. The summed E-state index contributed by atoms with van der Waals surface area (Å²) >= 11 is 4.18. The number of thiol groups is 1. The minimum absolute atomic E-state index is 0.143. The van der Waals surface area contributed by atoms with Crippen molar-refractivity contribution in [2.75, 3.05) is 27.3 Å². The lowest BCUT2D eigenvalue weighted by Crippen LogP contribution is -2.36. The van der Waals surface area contributed by atoms with Crippen molar-refractivity contribution in [2.45, 2.75) is 11.0 Å². The van der Waals surface area contributed by atoms with Crippen LogP contribution >= 0.6 is 12.6 Å². The van der Waals surface area contributed by atoms with Gasteiger partial charge in [0.05, 0.1) is 12.7 Å². The highest BCUT2D eigenvalue weighted by molar-refractivity contribution is 7.80. The standard InChI is InChI=1S/C12H17NO3S/c1-13(7-10(14)8-16-2)12(15)9-4-3-5-11(17)6-9/h3-6,10,14,17H,7-8H2,1-2H3. The van der Waals surface area contributed by atoms with Gasteiger partial charge in [-0.25, -0.2) is 0 Å². The van der Waals surface area contributed by atoms with E-state index < -0.39 is 6.10 Å². The molecule has 0 bridgehead atoms. The zero-order valence-corrected chi connectivity index (χ0v) is 10.9. The smallest absolute Gasteiger partial charge is 0.253 e. The highest BCUT2D eigenvalue weighted by Gasteiger charge is 2.15. The highest BCUT2D eigenvalue weighted by Crippen LogP contribution is 2.10. The van der Waals surface area contributed by atoms with E-state index in [1.165, 1.54) is 12.0 Å². The van der Waals surface area contributed by atoms with Gasteiger partial charge in [-0.1, -0.05) is 6.07 Å². The topological polar surface area (TPSA) is 49.8 Å². The second-order valence-electron chi connectivity index (χ2n) is 3.85. The van der Waals surface area contributed by atoms with Crippen molar-refractivity contribution in [1.82, 2.24) is 4.90 Å². The normalized spacial score (nSPS) is 12.2. The van der Waals surface area contributed by atoms with Crippen LogP contribution in [0.4, 0.5) is 0 Å². The average molecular weight is 255 g/mol. The number of likely N-dealkylation sites (N-methyl/N-ethyl adjacent to an activating group) is 1. The molecule has 0 aliphatic carbocycles. The van der Waals surface area contributed by atoms with Crippen LogP contribution in [0.5, 0.6) is 0 Å². The number of hydrogen-bond acceptors (Lipinski definition) is 4. The van der Waals surface area contributed by atoms with Crippen LogP contribution in [0.3, 0.4) is 0 Å². The summed E-state index contributed by atoms with van der Waals surface area (Å²) in [6.07, 6.45) is -0.673. The lowest BCUT2D eigenvalue weighted by Gasteiger charge is -2.20. The summed E-state index contributed by atoms with van der Waals surface area (Å²) in [7, 11) is 3.15. The summed E-state index contributed by atoms with van der Waals surface area (Å²) in [5.74, 6) is -0.143. The Hall–Kier alpha value is -1.04. The van der Waals surface area contributed by atoms with Gasteiger partial charge in [0.25, 0.3) is 5.91 Å². The van der Waals surface area contributed by atoms with Crippen LogP contribution in [0.15, 0.2) is 29.2 Å². The van der Waals surface area contributed by atoms with Gasteiger partial charge in [0.1, 0.15) is 0 Å². The largest absolute Gasteiger partial charge is 0.389 e. The van der Waals surface area contributed by atoms with Crippen LogP contribution in [-0.4, -0.2) is 49.3 Å². The molecule has 0 aliphatic rings. The van der Waals surface area contributed by atoms with Gasteiger partial charge in [0, 0.05) is 31.2 Å². The maximum Gasteiger partial charge on any atom is 0.253 e. The van der Waals surface area contributed by atoms with E-state index >= 15 is 0 Å². The van der Waals surface area contributed by atoms with Crippen LogP contribution in [0.2, 0.25) is 0 Å². The first-order chi connectivity index (χ1) is 8.04. The van der Waals surface area contributed by atoms with Gasteiger partial charge in [-0.3, -0.25) is 4.79 Å². The minimum atomic E-state index is -0.673. The molecular formula is C12H17NO3S. The lowest BCUT2D eigenvalue weighted by molar-refractivity contribution is 0.0380. The molecule has 1 amide bonds. The van der Waals surface area contributed by atoms with Gasteiger partial charge in [-0.2, -0.15) is 0 Å². The number of rotatable bonds is 5. The van der Waals surface area contributed by atoms with Crippen molar-refractivity contribution in [3.05, 3.63) is 29.8 Å². The predicted molar refractivity (Wildman–Crippen MR) is 68.5 cm³/mol. The highest BCUT2D eigenvalue weighted by atomic mass is 32.1. The molecule has 5 heteroatoms. The van der Waals surface area contributed by atoms with Crippen LogP contribution in [-0.2, 0) is 4.74 Å². The number of ether oxygens (including phenoxy) is 1. The monoisotopic (exact) mass is 255 g/mol.